The molecule has 0 fully saturated rings. The summed E-state index contributed by atoms with van der Waals surface area (Å²) in [5.74, 6) is 1.16. The highest BCUT2D eigenvalue weighted by Crippen LogP contribution is 2.09. The molecule has 0 aliphatic carbocycles. The summed E-state index contributed by atoms with van der Waals surface area (Å²) >= 11 is 0. The van der Waals surface area contributed by atoms with Gasteiger partial charge in [0.1, 0.15) is 5.82 Å². The van der Waals surface area contributed by atoms with Gasteiger partial charge in [0.25, 0.3) is 0 Å². The number of benzene rings is 1. The van der Waals surface area contributed by atoms with Gasteiger partial charge in [-0.1, -0.05) is 43.2 Å². The minimum Gasteiger partial charge on any atom is -0.365 e. The largest absolute Gasteiger partial charge is 0.365 e. The standard InChI is InChI=1S/C17H22N4O/c1-3-4-5-17(22)19-16-11-10-15(20-21-16)18-12-14-8-6-13(2)7-9-14/h6-11H,3-5,12H2,1-2H3,(H,18,20)(H,19,21,22). The van der Waals surface area contributed by atoms with Crippen molar-refractivity contribution in [2.75, 3.05) is 10.6 Å². The lowest BCUT2D eigenvalue weighted by atomic mass is 10.1. The number of aryl methyl sites for hydroxylation is 1. The van der Waals surface area contributed by atoms with Crippen molar-refractivity contribution in [3.05, 3.63) is 47.5 Å². The third-order valence-electron chi connectivity index (χ3n) is 3.28. The SMILES string of the molecule is CCCCC(=O)Nc1ccc(NCc2ccc(C)cc2)nn1. The number of nitrogens with zero attached hydrogens (tertiary/aromatic N) is 2. The molecule has 116 valence electrons. The molecule has 0 saturated carbocycles. The van der Waals surface area contributed by atoms with Crippen LogP contribution in [-0.2, 0) is 11.3 Å². The van der Waals surface area contributed by atoms with Crippen molar-refractivity contribution in [1.82, 2.24) is 10.2 Å². The number of nitrogens with one attached hydrogen (secondary N) is 2. The van der Waals surface area contributed by atoms with E-state index in [2.05, 4.69) is 58.9 Å². The topological polar surface area (TPSA) is 66.9 Å². The minimum atomic E-state index is -0.0171. The van der Waals surface area contributed by atoms with Crippen molar-refractivity contribution < 1.29 is 4.79 Å². The normalized spacial score (nSPS) is 10.3. The molecule has 0 unspecified atom stereocenters. The number of unbranched alkanes of at least 4 members (excludes halogenated alkanes) is 1. The summed E-state index contributed by atoms with van der Waals surface area (Å²) in [6.07, 6.45) is 2.40. The van der Waals surface area contributed by atoms with Crippen LogP contribution < -0.4 is 10.6 Å². The van der Waals surface area contributed by atoms with Crippen molar-refractivity contribution in [3.63, 3.8) is 0 Å². The first kappa shape index (κ1) is 15.9. The van der Waals surface area contributed by atoms with E-state index in [9.17, 15) is 4.79 Å². The lowest BCUT2D eigenvalue weighted by molar-refractivity contribution is -0.116. The molecule has 5 nitrogen and oxygen atoms in total. The van der Waals surface area contributed by atoms with Crippen LogP contribution in [0.3, 0.4) is 0 Å². The van der Waals surface area contributed by atoms with Gasteiger partial charge in [0, 0.05) is 13.0 Å². The Bertz CT molecular complexity index is 593. The molecule has 22 heavy (non-hydrogen) atoms. The fourth-order valence-electron chi connectivity index (χ4n) is 1.93. The van der Waals surface area contributed by atoms with Crippen molar-refractivity contribution in [1.29, 1.82) is 0 Å². The molecule has 0 aliphatic rings. The van der Waals surface area contributed by atoms with Crippen LogP contribution in [0.2, 0.25) is 0 Å². The number of carbonyl (C=O) groups excluding carboxylic acids is 1. The van der Waals surface area contributed by atoms with Gasteiger partial charge in [-0.05, 0) is 31.0 Å². The summed E-state index contributed by atoms with van der Waals surface area (Å²) in [7, 11) is 0. The third-order valence-corrected chi connectivity index (χ3v) is 3.28. The zero-order valence-corrected chi connectivity index (χ0v) is 13.1. The molecule has 0 aliphatic heterocycles. The molecule has 1 aromatic carbocycles. The maximum absolute atomic E-state index is 11.6. The first-order valence-corrected chi connectivity index (χ1v) is 7.60. The van der Waals surface area contributed by atoms with Crippen LogP contribution in [0.1, 0.15) is 37.3 Å². The summed E-state index contributed by atoms with van der Waals surface area (Å²) in [4.78, 5) is 11.6. The summed E-state index contributed by atoms with van der Waals surface area (Å²) in [5, 5.41) is 14.0. The van der Waals surface area contributed by atoms with Crippen LogP contribution in [0.15, 0.2) is 36.4 Å². The van der Waals surface area contributed by atoms with E-state index in [-0.39, 0.29) is 5.91 Å². The molecule has 1 amide bonds. The van der Waals surface area contributed by atoms with Crippen LogP contribution >= 0.6 is 0 Å². The van der Waals surface area contributed by atoms with Gasteiger partial charge in [0.15, 0.2) is 5.82 Å². The Morgan fingerprint density at radius 1 is 1.05 bits per heavy atom. The molecular weight excluding hydrogens is 276 g/mol. The molecule has 0 radical (unpaired) electrons. The molecule has 1 aromatic heterocycles. The Labute approximate surface area is 131 Å². The second-order valence-corrected chi connectivity index (χ2v) is 5.29. The molecule has 0 bridgehead atoms. The van der Waals surface area contributed by atoms with Crippen molar-refractivity contribution >= 4 is 17.5 Å². The second-order valence-electron chi connectivity index (χ2n) is 5.29. The van der Waals surface area contributed by atoms with Crippen LogP contribution in [-0.4, -0.2) is 16.1 Å². The molecule has 1 heterocycles. The average Bonchev–Trinajstić information content (AvgIpc) is 2.54. The summed E-state index contributed by atoms with van der Waals surface area (Å²) in [5.41, 5.74) is 2.43. The fraction of sp³-hybridized carbons (Fsp3) is 0.353. The second kappa shape index (κ2) is 8.12. The Kier molecular flexibility index (Phi) is 5.89. The summed E-state index contributed by atoms with van der Waals surface area (Å²) in [6, 6.07) is 11.9. The Morgan fingerprint density at radius 3 is 2.36 bits per heavy atom. The van der Waals surface area contributed by atoms with Gasteiger partial charge in [-0.15, -0.1) is 10.2 Å². The van der Waals surface area contributed by atoms with Gasteiger partial charge >= 0.3 is 0 Å². The van der Waals surface area contributed by atoms with Gasteiger partial charge in [0.05, 0.1) is 0 Å². The maximum Gasteiger partial charge on any atom is 0.225 e. The van der Waals surface area contributed by atoms with E-state index in [4.69, 9.17) is 0 Å². The van der Waals surface area contributed by atoms with E-state index in [1.165, 1.54) is 11.1 Å². The molecular formula is C17H22N4O. The highest BCUT2D eigenvalue weighted by molar-refractivity contribution is 5.89. The molecule has 2 aromatic rings. The van der Waals surface area contributed by atoms with E-state index in [0.717, 1.165) is 12.8 Å². The highest BCUT2D eigenvalue weighted by Gasteiger charge is 2.03. The molecule has 2 rings (SSSR count). The number of amides is 1. The third kappa shape index (κ3) is 5.16. The van der Waals surface area contributed by atoms with Gasteiger partial charge in [-0.25, -0.2) is 0 Å². The van der Waals surface area contributed by atoms with Gasteiger partial charge in [-0.3, -0.25) is 4.79 Å². The number of rotatable bonds is 7. The number of hydrogen-bond acceptors (Lipinski definition) is 4. The number of anilines is 2. The molecule has 2 N–H and O–H groups in total. The predicted molar refractivity (Wildman–Crippen MR) is 88.7 cm³/mol. The van der Waals surface area contributed by atoms with Crippen molar-refractivity contribution in [2.45, 2.75) is 39.7 Å². The van der Waals surface area contributed by atoms with E-state index in [1.807, 2.05) is 6.07 Å². The minimum absolute atomic E-state index is 0.0171. The monoisotopic (exact) mass is 298 g/mol. The maximum atomic E-state index is 11.6. The fourth-order valence-corrected chi connectivity index (χ4v) is 1.93. The van der Waals surface area contributed by atoms with E-state index < -0.39 is 0 Å². The molecule has 0 saturated heterocycles. The van der Waals surface area contributed by atoms with Gasteiger partial charge in [0.2, 0.25) is 5.91 Å². The van der Waals surface area contributed by atoms with E-state index >= 15 is 0 Å². The molecule has 5 heteroatoms. The van der Waals surface area contributed by atoms with Crippen LogP contribution in [0.4, 0.5) is 11.6 Å². The van der Waals surface area contributed by atoms with Crippen molar-refractivity contribution in [2.24, 2.45) is 0 Å². The zero-order chi connectivity index (χ0) is 15.8. The number of carbonyl (C=O) groups is 1. The molecule has 0 spiro atoms. The van der Waals surface area contributed by atoms with Gasteiger partial charge in [-0.2, -0.15) is 0 Å². The van der Waals surface area contributed by atoms with E-state index in [1.54, 1.807) is 6.07 Å². The van der Waals surface area contributed by atoms with E-state index in [0.29, 0.717) is 24.6 Å². The predicted octanol–water partition coefficient (Wildman–Crippen LogP) is 3.53. The lowest BCUT2D eigenvalue weighted by Gasteiger charge is -2.07. The number of aromatic nitrogens is 2. The van der Waals surface area contributed by atoms with Crippen LogP contribution in [0.25, 0.3) is 0 Å². The Balaban J connectivity index is 1.83. The number of hydrogen-bond donors (Lipinski definition) is 2. The summed E-state index contributed by atoms with van der Waals surface area (Å²) in [6.45, 7) is 4.81. The highest BCUT2D eigenvalue weighted by atomic mass is 16.1. The first-order chi connectivity index (χ1) is 10.7. The van der Waals surface area contributed by atoms with Crippen LogP contribution in [0, 0.1) is 6.92 Å². The first-order valence-electron chi connectivity index (χ1n) is 7.60. The van der Waals surface area contributed by atoms with Gasteiger partial charge < -0.3 is 10.6 Å². The van der Waals surface area contributed by atoms with Crippen LogP contribution in [0.5, 0.6) is 0 Å². The Hall–Kier alpha value is -2.43. The lowest BCUT2D eigenvalue weighted by Crippen LogP contribution is -2.13. The molecule has 0 atom stereocenters. The Morgan fingerprint density at radius 2 is 1.73 bits per heavy atom. The quantitative estimate of drug-likeness (QED) is 0.820. The smallest absolute Gasteiger partial charge is 0.225 e. The summed E-state index contributed by atoms with van der Waals surface area (Å²) < 4.78 is 0. The zero-order valence-electron chi connectivity index (χ0n) is 13.1. The van der Waals surface area contributed by atoms with Crippen molar-refractivity contribution in [3.8, 4) is 0 Å². The average molecular weight is 298 g/mol.